The summed E-state index contributed by atoms with van der Waals surface area (Å²) in [6.45, 7) is 1.13. The van der Waals surface area contributed by atoms with Gasteiger partial charge in [-0.1, -0.05) is 47.5 Å². The Morgan fingerprint density at radius 2 is 1.93 bits per heavy atom. The Bertz CT molecular complexity index is 923. The highest BCUT2D eigenvalue weighted by Gasteiger charge is 2.11. The molecule has 0 atom stereocenters. The van der Waals surface area contributed by atoms with Crippen molar-refractivity contribution in [3.63, 3.8) is 0 Å². The predicted octanol–water partition coefficient (Wildman–Crippen LogP) is 3.78. The number of nitrogens with one attached hydrogen (secondary N) is 1. The van der Waals surface area contributed by atoms with E-state index in [9.17, 15) is 0 Å². The SMILES string of the molecule is CN=C(NCc1nncn1-c1ccccc1)N(C)Cc1ccc(Cl)c(Cl)c1. The first-order valence-electron chi connectivity index (χ1n) is 8.38. The number of hydrogen-bond acceptors (Lipinski definition) is 3. The average Bonchev–Trinajstić information content (AvgIpc) is 3.14. The van der Waals surface area contributed by atoms with Crippen molar-refractivity contribution in [1.82, 2.24) is 25.0 Å². The maximum absolute atomic E-state index is 6.10. The van der Waals surface area contributed by atoms with Crippen LogP contribution in [0.3, 0.4) is 0 Å². The molecule has 140 valence electrons. The molecule has 0 saturated heterocycles. The van der Waals surface area contributed by atoms with E-state index in [0.717, 1.165) is 23.0 Å². The van der Waals surface area contributed by atoms with Gasteiger partial charge in [-0.05, 0) is 29.8 Å². The van der Waals surface area contributed by atoms with Crippen LogP contribution in [0.2, 0.25) is 10.0 Å². The zero-order chi connectivity index (χ0) is 19.2. The smallest absolute Gasteiger partial charge is 0.194 e. The van der Waals surface area contributed by atoms with Crippen LogP contribution in [0.25, 0.3) is 5.69 Å². The molecule has 0 saturated carbocycles. The van der Waals surface area contributed by atoms with Crippen molar-refractivity contribution in [3.8, 4) is 5.69 Å². The standard InChI is InChI=1S/C19H20Cl2N6/c1-22-19(26(2)12-14-8-9-16(20)17(21)10-14)23-11-18-25-24-13-27(18)15-6-4-3-5-7-15/h3-10,13H,11-12H2,1-2H3,(H,22,23). The highest BCUT2D eigenvalue weighted by Crippen LogP contribution is 2.23. The molecule has 3 rings (SSSR count). The molecule has 6 nitrogen and oxygen atoms in total. The van der Waals surface area contributed by atoms with Crippen LogP contribution in [0.4, 0.5) is 0 Å². The fourth-order valence-electron chi connectivity index (χ4n) is 2.71. The minimum absolute atomic E-state index is 0.493. The summed E-state index contributed by atoms with van der Waals surface area (Å²) in [6.07, 6.45) is 1.70. The minimum atomic E-state index is 0.493. The summed E-state index contributed by atoms with van der Waals surface area (Å²) in [5, 5.41) is 12.6. The number of para-hydroxylation sites is 1. The fraction of sp³-hybridized carbons (Fsp3) is 0.211. The van der Waals surface area contributed by atoms with Gasteiger partial charge in [0.05, 0.1) is 16.6 Å². The summed E-state index contributed by atoms with van der Waals surface area (Å²) < 4.78 is 1.94. The Labute approximate surface area is 168 Å². The lowest BCUT2D eigenvalue weighted by atomic mass is 10.2. The van der Waals surface area contributed by atoms with Crippen molar-refractivity contribution in [1.29, 1.82) is 0 Å². The van der Waals surface area contributed by atoms with Crippen LogP contribution < -0.4 is 5.32 Å². The molecular weight excluding hydrogens is 383 g/mol. The highest BCUT2D eigenvalue weighted by molar-refractivity contribution is 6.42. The largest absolute Gasteiger partial charge is 0.349 e. The molecule has 0 bridgehead atoms. The van der Waals surface area contributed by atoms with Crippen LogP contribution in [0.15, 0.2) is 59.9 Å². The van der Waals surface area contributed by atoms with E-state index >= 15 is 0 Å². The van der Waals surface area contributed by atoms with E-state index in [-0.39, 0.29) is 0 Å². The molecule has 1 N–H and O–H groups in total. The predicted molar refractivity (Wildman–Crippen MR) is 109 cm³/mol. The third-order valence-corrected chi connectivity index (χ3v) is 4.77. The Morgan fingerprint density at radius 1 is 1.15 bits per heavy atom. The molecule has 1 heterocycles. The van der Waals surface area contributed by atoms with Gasteiger partial charge < -0.3 is 10.2 Å². The second-order valence-corrected chi connectivity index (χ2v) is 6.77. The van der Waals surface area contributed by atoms with Crippen LogP contribution in [-0.2, 0) is 13.1 Å². The van der Waals surface area contributed by atoms with Gasteiger partial charge in [-0.2, -0.15) is 0 Å². The summed E-state index contributed by atoms with van der Waals surface area (Å²) in [6, 6.07) is 15.6. The maximum Gasteiger partial charge on any atom is 0.194 e. The quantitative estimate of drug-likeness (QED) is 0.520. The van der Waals surface area contributed by atoms with Crippen LogP contribution in [0.1, 0.15) is 11.4 Å². The molecular formula is C19H20Cl2N6. The molecule has 8 heteroatoms. The Balaban J connectivity index is 1.66. The second kappa shape index (κ2) is 8.88. The molecule has 0 fully saturated rings. The molecule has 0 aliphatic rings. The molecule has 0 amide bonds. The molecule has 27 heavy (non-hydrogen) atoms. The van der Waals surface area contributed by atoms with Crippen molar-refractivity contribution in [3.05, 3.63) is 76.3 Å². The number of halogens is 2. The van der Waals surface area contributed by atoms with Crippen molar-refractivity contribution in [2.24, 2.45) is 4.99 Å². The summed E-state index contributed by atoms with van der Waals surface area (Å²) in [4.78, 5) is 6.34. The van der Waals surface area contributed by atoms with Crippen LogP contribution in [0.5, 0.6) is 0 Å². The van der Waals surface area contributed by atoms with E-state index in [2.05, 4.69) is 20.5 Å². The summed E-state index contributed by atoms with van der Waals surface area (Å²) >= 11 is 12.1. The third-order valence-electron chi connectivity index (χ3n) is 4.03. The van der Waals surface area contributed by atoms with Crippen LogP contribution >= 0.6 is 23.2 Å². The zero-order valence-corrected chi connectivity index (χ0v) is 16.6. The van der Waals surface area contributed by atoms with Gasteiger partial charge in [0, 0.05) is 26.3 Å². The van der Waals surface area contributed by atoms with E-state index in [1.165, 1.54) is 0 Å². The van der Waals surface area contributed by atoms with Crippen LogP contribution in [0, 0.1) is 0 Å². The molecule has 2 aromatic carbocycles. The van der Waals surface area contributed by atoms with Crippen molar-refractivity contribution >= 4 is 29.2 Å². The first kappa shape index (κ1) is 19.2. The number of guanidine groups is 1. The number of rotatable bonds is 5. The van der Waals surface area contributed by atoms with Gasteiger partial charge in [-0.25, -0.2) is 0 Å². The Hall–Kier alpha value is -2.57. The van der Waals surface area contributed by atoms with E-state index < -0.39 is 0 Å². The lowest BCUT2D eigenvalue weighted by Gasteiger charge is -2.22. The van der Waals surface area contributed by atoms with Gasteiger partial charge in [0.2, 0.25) is 0 Å². The first-order chi connectivity index (χ1) is 13.1. The van der Waals surface area contributed by atoms with Gasteiger partial charge in [-0.3, -0.25) is 9.56 Å². The number of hydrogen-bond donors (Lipinski definition) is 1. The second-order valence-electron chi connectivity index (χ2n) is 5.96. The van der Waals surface area contributed by atoms with Gasteiger partial charge >= 0.3 is 0 Å². The molecule has 0 radical (unpaired) electrons. The van der Waals surface area contributed by atoms with Crippen molar-refractivity contribution < 1.29 is 0 Å². The Kier molecular flexibility index (Phi) is 6.32. The van der Waals surface area contributed by atoms with Crippen LogP contribution in [-0.4, -0.2) is 39.7 Å². The zero-order valence-electron chi connectivity index (χ0n) is 15.1. The van der Waals surface area contributed by atoms with Crippen molar-refractivity contribution in [2.75, 3.05) is 14.1 Å². The van der Waals surface area contributed by atoms with E-state index in [0.29, 0.717) is 23.1 Å². The maximum atomic E-state index is 6.10. The van der Waals surface area contributed by atoms with Crippen molar-refractivity contribution in [2.45, 2.75) is 13.1 Å². The molecule has 1 aromatic heterocycles. The number of aromatic nitrogens is 3. The monoisotopic (exact) mass is 402 g/mol. The molecule has 0 unspecified atom stereocenters. The van der Waals surface area contributed by atoms with Gasteiger partial charge in [0.25, 0.3) is 0 Å². The molecule has 0 aliphatic heterocycles. The third kappa shape index (κ3) is 4.78. The topological polar surface area (TPSA) is 58.3 Å². The lowest BCUT2D eigenvalue weighted by Crippen LogP contribution is -2.38. The summed E-state index contributed by atoms with van der Waals surface area (Å²) in [5.41, 5.74) is 2.06. The van der Waals surface area contributed by atoms with Gasteiger partial charge in [0.1, 0.15) is 6.33 Å². The van der Waals surface area contributed by atoms with E-state index in [1.54, 1.807) is 19.4 Å². The summed E-state index contributed by atoms with van der Waals surface area (Å²) in [5.74, 6) is 1.54. The molecule has 0 spiro atoms. The lowest BCUT2D eigenvalue weighted by molar-refractivity contribution is 0.475. The highest BCUT2D eigenvalue weighted by atomic mass is 35.5. The van der Waals surface area contributed by atoms with E-state index in [4.69, 9.17) is 23.2 Å². The first-order valence-corrected chi connectivity index (χ1v) is 9.14. The normalized spacial score (nSPS) is 11.5. The molecule has 0 aliphatic carbocycles. The van der Waals surface area contributed by atoms with Gasteiger partial charge in [-0.15, -0.1) is 10.2 Å². The van der Waals surface area contributed by atoms with E-state index in [1.807, 2.05) is 59.0 Å². The number of aliphatic imine (C=N–C) groups is 1. The Morgan fingerprint density at radius 3 is 2.63 bits per heavy atom. The number of benzene rings is 2. The number of nitrogens with zero attached hydrogens (tertiary/aromatic N) is 5. The average molecular weight is 403 g/mol. The minimum Gasteiger partial charge on any atom is -0.349 e. The fourth-order valence-corrected chi connectivity index (χ4v) is 3.03. The van der Waals surface area contributed by atoms with Gasteiger partial charge in [0.15, 0.2) is 11.8 Å². The molecule has 3 aromatic rings. The summed E-state index contributed by atoms with van der Waals surface area (Å²) in [7, 11) is 3.70.